The summed E-state index contributed by atoms with van der Waals surface area (Å²) in [6.45, 7) is 0.0852. The fourth-order valence-corrected chi connectivity index (χ4v) is 2.14. The zero-order valence-corrected chi connectivity index (χ0v) is 11.5. The molecule has 1 unspecified atom stereocenters. The molecule has 1 heterocycles. The van der Waals surface area contributed by atoms with Gasteiger partial charge in [-0.25, -0.2) is 0 Å². The Morgan fingerprint density at radius 3 is 2.70 bits per heavy atom. The Labute approximate surface area is 116 Å². The van der Waals surface area contributed by atoms with Crippen molar-refractivity contribution in [2.45, 2.75) is 25.5 Å². The maximum atomic E-state index is 11.9. The molecular weight excluding hydrogens is 262 g/mol. The van der Waals surface area contributed by atoms with Crippen molar-refractivity contribution in [3.63, 3.8) is 0 Å². The third kappa shape index (κ3) is 2.75. The molecule has 0 aliphatic carbocycles. The van der Waals surface area contributed by atoms with Crippen LogP contribution >= 0.6 is 0 Å². The minimum Gasteiger partial charge on any atom is -0.497 e. The van der Waals surface area contributed by atoms with Gasteiger partial charge in [-0.15, -0.1) is 0 Å². The maximum Gasteiger partial charge on any atom is 0.258 e. The third-order valence-electron chi connectivity index (χ3n) is 3.31. The van der Waals surface area contributed by atoms with Gasteiger partial charge in [0, 0.05) is 18.1 Å². The van der Waals surface area contributed by atoms with Gasteiger partial charge in [-0.05, 0) is 18.6 Å². The molecule has 1 atom stereocenters. The summed E-state index contributed by atoms with van der Waals surface area (Å²) >= 11 is 0. The Hall–Kier alpha value is -2.08. The summed E-state index contributed by atoms with van der Waals surface area (Å²) in [4.78, 5) is 24.7. The zero-order valence-electron chi connectivity index (χ0n) is 11.5. The molecule has 1 aromatic rings. The van der Waals surface area contributed by atoms with E-state index in [0.29, 0.717) is 17.1 Å². The first-order chi connectivity index (χ1) is 9.56. The van der Waals surface area contributed by atoms with Crippen molar-refractivity contribution in [2.24, 2.45) is 0 Å². The second-order valence-electron chi connectivity index (χ2n) is 4.55. The van der Waals surface area contributed by atoms with Gasteiger partial charge in [0.25, 0.3) is 5.91 Å². The zero-order chi connectivity index (χ0) is 14.7. The molecule has 6 nitrogen and oxygen atoms in total. The number of rotatable bonds is 4. The largest absolute Gasteiger partial charge is 0.497 e. The molecule has 0 radical (unpaired) electrons. The highest BCUT2D eigenvalue weighted by molar-refractivity contribution is 5.99. The van der Waals surface area contributed by atoms with Crippen LogP contribution in [-0.2, 0) is 16.1 Å². The van der Waals surface area contributed by atoms with Crippen LogP contribution in [0.25, 0.3) is 0 Å². The SMILES string of the molecule is COc1ccc(CN2C(=O)CCC(O)C2=O)c(OC)c1. The van der Waals surface area contributed by atoms with Crippen LogP contribution < -0.4 is 9.47 Å². The van der Waals surface area contributed by atoms with E-state index in [-0.39, 0.29) is 25.3 Å². The molecule has 1 aliphatic rings. The first-order valence-corrected chi connectivity index (χ1v) is 6.30. The Morgan fingerprint density at radius 2 is 2.05 bits per heavy atom. The van der Waals surface area contributed by atoms with Gasteiger partial charge in [0.1, 0.15) is 17.6 Å². The summed E-state index contributed by atoms with van der Waals surface area (Å²) < 4.78 is 10.3. The number of hydrogen-bond donors (Lipinski definition) is 1. The number of aliphatic hydroxyl groups is 1. The lowest BCUT2D eigenvalue weighted by Gasteiger charge is -2.28. The summed E-state index contributed by atoms with van der Waals surface area (Å²) in [7, 11) is 3.05. The second kappa shape index (κ2) is 5.92. The lowest BCUT2D eigenvalue weighted by Crippen LogP contribution is -2.47. The number of aliphatic hydroxyl groups excluding tert-OH is 1. The molecule has 6 heteroatoms. The summed E-state index contributed by atoms with van der Waals surface area (Å²) in [6.07, 6.45) is -0.740. The molecule has 2 rings (SSSR count). The standard InChI is InChI=1S/C14H17NO5/c1-19-10-4-3-9(12(7-10)20-2)8-15-13(17)6-5-11(16)14(15)18/h3-4,7,11,16H,5-6,8H2,1-2H3. The highest BCUT2D eigenvalue weighted by Gasteiger charge is 2.33. The van der Waals surface area contributed by atoms with Gasteiger partial charge in [-0.1, -0.05) is 0 Å². The van der Waals surface area contributed by atoms with Gasteiger partial charge in [0.2, 0.25) is 5.91 Å². The first-order valence-electron chi connectivity index (χ1n) is 6.30. The molecule has 1 aromatic carbocycles. The summed E-state index contributed by atoms with van der Waals surface area (Å²) in [5.41, 5.74) is 0.684. The molecule has 0 saturated carbocycles. The van der Waals surface area contributed by atoms with Crippen LogP contribution in [0.15, 0.2) is 18.2 Å². The fraction of sp³-hybridized carbons (Fsp3) is 0.429. The fourth-order valence-electron chi connectivity index (χ4n) is 2.14. The highest BCUT2D eigenvalue weighted by atomic mass is 16.5. The van der Waals surface area contributed by atoms with E-state index in [9.17, 15) is 14.7 Å². The molecule has 1 N–H and O–H groups in total. The lowest BCUT2D eigenvalue weighted by molar-refractivity contribution is -0.156. The number of likely N-dealkylation sites (tertiary alicyclic amines) is 1. The van der Waals surface area contributed by atoms with Crippen molar-refractivity contribution in [1.82, 2.24) is 4.90 Å². The number of benzene rings is 1. The van der Waals surface area contributed by atoms with E-state index in [1.807, 2.05) is 0 Å². The molecule has 0 aromatic heterocycles. The van der Waals surface area contributed by atoms with Crippen LogP contribution in [0.4, 0.5) is 0 Å². The van der Waals surface area contributed by atoms with Crippen molar-refractivity contribution in [1.29, 1.82) is 0 Å². The van der Waals surface area contributed by atoms with Crippen molar-refractivity contribution < 1.29 is 24.2 Å². The Balaban J connectivity index is 2.24. The number of carbonyl (C=O) groups excluding carboxylic acids is 2. The van der Waals surface area contributed by atoms with Crippen LogP contribution in [0.5, 0.6) is 11.5 Å². The van der Waals surface area contributed by atoms with Crippen LogP contribution in [0, 0.1) is 0 Å². The minimum absolute atomic E-state index is 0.0852. The average Bonchev–Trinajstić information content (AvgIpc) is 2.47. The van der Waals surface area contributed by atoms with Gasteiger partial charge in [-0.3, -0.25) is 14.5 Å². The summed E-state index contributed by atoms with van der Waals surface area (Å²) in [5, 5.41) is 9.56. The van der Waals surface area contributed by atoms with E-state index < -0.39 is 12.0 Å². The molecule has 1 fully saturated rings. The van der Waals surface area contributed by atoms with Crippen LogP contribution in [0.1, 0.15) is 18.4 Å². The van der Waals surface area contributed by atoms with E-state index in [1.54, 1.807) is 25.3 Å². The molecule has 0 bridgehead atoms. The molecule has 1 saturated heterocycles. The maximum absolute atomic E-state index is 11.9. The van der Waals surface area contributed by atoms with Gasteiger partial charge >= 0.3 is 0 Å². The number of amides is 2. The van der Waals surface area contributed by atoms with E-state index >= 15 is 0 Å². The van der Waals surface area contributed by atoms with Crippen LogP contribution in [0.2, 0.25) is 0 Å². The predicted octanol–water partition coefficient (Wildman–Crippen LogP) is 0.714. The third-order valence-corrected chi connectivity index (χ3v) is 3.31. The number of imide groups is 1. The Morgan fingerprint density at radius 1 is 1.30 bits per heavy atom. The van der Waals surface area contributed by atoms with Crippen molar-refractivity contribution >= 4 is 11.8 Å². The van der Waals surface area contributed by atoms with Crippen molar-refractivity contribution in [3.8, 4) is 11.5 Å². The summed E-state index contributed by atoms with van der Waals surface area (Å²) in [5.74, 6) is 0.323. The van der Waals surface area contributed by atoms with Gasteiger partial charge in [0.15, 0.2) is 0 Å². The summed E-state index contributed by atoms with van der Waals surface area (Å²) in [6, 6.07) is 5.15. The monoisotopic (exact) mass is 279 g/mol. The number of piperidine rings is 1. The molecule has 1 aliphatic heterocycles. The molecular formula is C14H17NO5. The van der Waals surface area contributed by atoms with Crippen LogP contribution in [-0.4, -0.2) is 42.1 Å². The normalized spacial score (nSPS) is 19.1. The number of hydrogen-bond acceptors (Lipinski definition) is 5. The first kappa shape index (κ1) is 14.3. The van der Waals surface area contributed by atoms with Crippen molar-refractivity contribution in [3.05, 3.63) is 23.8 Å². The number of carbonyl (C=O) groups is 2. The van der Waals surface area contributed by atoms with E-state index in [0.717, 1.165) is 4.90 Å². The van der Waals surface area contributed by atoms with Gasteiger partial charge in [0.05, 0.1) is 20.8 Å². The van der Waals surface area contributed by atoms with E-state index in [2.05, 4.69) is 0 Å². The Kier molecular flexibility index (Phi) is 4.24. The smallest absolute Gasteiger partial charge is 0.258 e. The second-order valence-corrected chi connectivity index (χ2v) is 4.55. The molecule has 2 amide bonds. The van der Waals surface area contributed by atoms with Gasteiger partial charge in [-0.2, -0.15) is 0 Å². The molecule has 108 valence electrons. The lowest BCUT2D eigenvalue weighted by atomic mass is 10.1. The number of nitrogens with zero attached hydrogens (tertiary/aromatic N) is 1. The predicted molar refractivity (Wildman–Crippen MR) is 70.3 cm³/mol. The van der Waals surface area contributed by atoms with E-state index in [4.69, 9.17) is 9.47 Å². The topological polar surface area (TPSA) is 76.1 Å². The van der Waals surface area contributed by atoms with Crippen molar-refractivity contribution in [2.75, 3.05) is 14.2 Å². The quantitative estimate of drug-likeness (QED) is 0.822. The average molecular weight is 279 g/mol. The molecule has 0 spiro atoms. The minimum atomic E-state index is -1.10. The molecule has 20 heavy (non-hydrogen) atoms. The number of ether oxygens (including phenoxy) is 2. The highest BCUT2D eigenvalue weighted by Crippen LogP contribution is 2.27. The number of methoxy groups -OCH3 is 2. The Bertz CT molecular complexity index is 528. The van der Waals surface area contributed by atoms with Gasteiger partial charge < -0.3 is 14.6 Å². The van der Waals surface area contributed by atoms with Crippen LogP contribution in [0.3, 0.4) is 0 Å². The van der Waals surface area contributed by atoms with E-state index in [1.165, 1.54) is 7.11 Å².